The second-order valence-corrected chi connectivity index (χ2v) is 5.25. The number of aliphatic hydroxyl groups excluding tert-OH is 1. The number of likely N-dealkylation sites (tertiary alicyclic amines) is 1. The van der Waals surface area contributed by atoms with Crippen molar-refractivity contribution in [3.05, 3.63) is 0 Å². The highest BCUT2D eigenvalue weighted by Crippen LogP contribution is 2.41. The highest BCUT2D eigenvalue weighted by molar-refractivity contribution is 5.85. The molecule has 96 valence electrons. The Balaban J connectivity index is 1.99. The highest BCUT2D eigenvalue weighted by Gasteiger charge is 2.44. The molecule has 0 aromatic carbocycles. The molecule has 1 atom stereocenters. The first-order chi connectivity index (χ1) is 8.03. The molecule has 1 saturated carbocycles. The largest absolute Gasteiger partial charge is 0.481 e. The van der Waals surface area contributed by atoms with Crippen molar-refractivity contribution in [2.24, 2.45) is 5.41 Å². The van der Waals surface area contributed by atoms with E-state index in [1.807, 2.05) is 0 Å². The smallest absolute Gasteiger partial charge is 0.310 e. The standard InChI is InChI=1S/C12H19NO4/c14-9-3-6-13(8-9)10(15)7-12(11(16)17)4-1-2-5-12/h9,14H,1-8H2,(H,16,17)/t9-/m1/s1. The van der Waals surface area contributed by atoms with Gasteiger partial charge < -0.3 is 15.1 Å². The van der Waals surface area contributed by atoms with E-state index in [0.717, 1.165) is 12.8 Å². The predicted molar refractivity (Wildman–Crippen MR) is 60.4 cm³/mol. The van der Waals surface area contributed by atoms with Crippen molar-refractivity contribution in [3.8, 4) is 0 Å². The summed E-state index contributed by atoms with van der Waals surface area (Å²) in [5.41, 5.74) is -0.843. The molecule has 0 aromatic rings. The molecule has 1 heterocycles. The van der Waals surface area contributed by atoms with E-state index >= 15 is 0 Å². The average Bonchev–Trinajstić information content (AvgIpc) is 2.87. The Morgan fingerprint density at radius 2 is 1.94 bits per heavy atom. The Hall–Kier alpha value is -1.10. The van der Waals surface area contributed by atoms with E-state index in [4.69, 9.17) is 0 Å². The SMILES string of the molecule is O=C(CC1(C(=O)O)CCCC1)N1CC[C@@H](O)C1. The lowest BCUT2D eigenvalue weighted by Gasteiger charge is -2.26. The van der Waals surface area contributed by atoms with Gasteiger partial charge in [-0.05, 0) is 19.3 Å². The summed E-state index contributed by atoms with van der Waals surface area (Å²) in [7, 11) is 0. The second kappa shape index (κ2) is 4.64. The average molecular weight is 241 g/mol. The van der Waals surface area contributed by atoms with E-state index in [1.165, 1.54) is 0 Å². The van der Waals surface area contributed by atoms with Gasteiger partial charge >= 0.3 is 5.97 Å². The first-order valence-corrected chi connectivity index (χ1v) is 6.23. The summed E-state index contributed by atoms with van der Waals surface area (Å²) in [6, 6.07) is 0. The molecule has 17 heavy (non-hydrogen) atoms. The van der Waals surface area contributed by atoms with E-state index in [-0.39, 0.29) is 12.3 Å². The summed E-state index contributed by atoms with van der Waals surface area (Å²) in [4.78, 5) is 24.9. The molecule has 2 aliphatic rings. The monoisotopic (exact) mass is 241 g/mol. The minimum absolute atomic E-state index is 0.0923. The van der Waals surface area contributed by atoms with Crippen LogP contribution in [0.15, 0.2) is 0 Å². The maximum Gasteiger partial charge on any atom is 0.310 e. The van der Waals surface area contributed by atoms with E-state index in [2.05, 4.69) is 0 Å². The topological polar surface area (TPSA) is 77.8 Å². The van der Waals surface area contributed by atoms with Crippen LogP contribution in [0.5, 0.6) is 0 Å². The first kappa shape index (κ1) is 12.4. The Bertz CT molecular complexity index is 322. The number of aliphatic hydroxyl groups is 1. The number of rotatable bonds is 3. The van der Waals surface area contributed by atoms with Gasteiger partial charge in [0.1, 0.15) is 0 Å². The van der Waals surface area contributed by atoms with Gasteiger partial charge in [0.05, 0.1) is 11.5 Å². The van der Waals surface area contributed by atoms with Crippen molar-refractivity contribution in [2.75, 3.05) is 13.1 Å². The molecular weight excluding hydrogens is 222 g/mol. The van der Waals surface area contributed by atoms with Crippen molar-refractivity contribution in [1.82, 2.24) is 4.90 Å². The number of nitrogens with zero attached hydrogens (tertiary/aromatic N) is 1. The molecule has 0 bridgehead atoms. The molecule has 5 heteroatoms. The lowest BCUT2D eigenvalue weighted by Crippen LogP contribution is -2.37. The molecule has 1 aliphatic heterocycles. The number of hydrogen-bond acceptors (Lipinski definition) is 3. The highest BCUT2D eigenvalue weighted by atomic mass is 16.4. The molecule has 2 fully saturated rings. The van der Waals surface area contributed by atoms with Crippen molar-refractivity contribution in [3.63, 3.8) is 0 Å². The van der Waals surface area contributed by atoms with Gasteiger partial charge in [-0.2, -0.15) is 0 Å². The third kappa shape index (κ3) is 2.44. The fourth-order valence-electron chi connectivity index (χ4n) is 2.89. The molecule has 5 nitrogen and oxygen atoms in total. The summed E-state index contributed by atoms with van der Waals surface area (Å²) in [6.45, 7) is 0.907. The van der Waals surface area contributed by atoms with Crippen LogP contribution in [-0.2, 0) is 9.59 Å². The minimum atomic E-state index is -0.844. The Kier molecular flexibility index (Phi) is 3.38. The Morgan fingerprint density at radius 1 is 1.29 bits per heavy atom. The number of carbonyl (C=O) groups excluding carboxylic acids is 1. The lowest BCUT2D eigenvalue weighted by molar-refractivity contribution is -0.153. The summed E-state index contributed by atoms with van der Waals surface area (Å²) < 4.78 is 0. The summed E-state index contributed by atoms with van der Waals surface area (Å²) in [5, 5.41) is 18.7. The molecule has 1 aliphatic carbocycles. The number of β-amino-alcohol motifs (C(OH)–C–C–N with tert-alkyl or cyclic N) is 1. The molecule has 2 rings (SSSR count). The van der Waals surface area contributed by atoms with Gasteiger partial charge in [-0.3, -0.25) is 9.59 Å². The molecule has 0 radical (unpaired) electrons. The zero-order valence-electron chi connectivity index (χ0n) is 9.89. The zero-order valence-corrected chi connectivity index (χ0v) is 9.89. The Labute approximate surface area is 100 Å². The van der Waals surface area contributed by atoms with Crippen LogP contribution in [0.25, 0.3) is 0 Å². The number of hydrogen-bond donors (Lipinski definition) is 2. The quantitative estimate of drug-likeness (QED) is 0.759. The molecule has 0 unspecified atom stereocenters. The van der Waals surface area contributed by atoms with Crippen molar-refractivity contribution >= 4 is 11.9 Å². The van der Waals surface area contributed by atoms with Crippen LogP contribution in [-0.4, -0.2) is 46.2 Å². The van der Waals surface area contributed by atoms with Crippen LogP contribution in [0, 0.1) is 5.41 Å². The van der Waals surface area contributed by atoms with Crippen LogP contribution in [0.1, 0.15) is 38.5 Å². The third-order valence-corrected chi connectivity index (χ3v) is 4.02. The van der Waals surface area contributed by atoms with Crippen molar-refractivity contribution in [2.45, 2.75) is 44.6 Å². The summed E-state index contributed by atoms with van der Waals surface area (Å²) in [5.74, 6) is -0.964. The fraction of sp³-hybridized carbons (Fsp3) is 0.833. The molecule has 1 saturated heterocycles. The van der Waals surface area contributed by atoms with Gasteiger partial charge in [-0.15, -0.1) is 0 Å². The molecule has 2 N–H and O–H groups in total. The van der Waals surface area contributed by atoms with Gasteiger partial charge in [-0.25, -0.2) is 0 Å². The third-order valence-electron chi connectivity index (χ3n) is 4.02. The van der Waals surface area contributed by atoms with Gasteiger partial charge in [0, 0.05) is 19.5 Å². The van der Waals surface area contributed by atoms with Crippen LogP contribution in [0.4, 0.5) is 0 Å². The number of amides is 1. The Morgan fingerprint density at radius 3 is 2.41 bits per heavy atom. The molecular formula is C12H19NO4. The lowest BCUT2D eigenvalue weighted by atomic mass is 9.82. The summed E-state index contributed by atoms with van der Waals surface area (Å²) >= 11 is 0. The van der Waals surface area contributed by atoms with Gasteiger partial charge in [0.25, 0.3) is 0 Å². The van der Waals surface area contributed by atoms with E-state index < -0.39 is 17.5 Å². The van der Waals surface area contributed by atoms with Crippen molar-refractivity contribution < 1.29 is 19.8 Å². The van der Waals surface area contributed by atoms with Crippen LogP contribution < -0.4 is 0 Å². The zero-order chi connectivity index (χ0) is 12.5. The molecule has 0 spiro atoms. The number of carbonyl (C=O) groups is 2. The second-order valence-electron chi connectivity index (χ2n) is 5.25. The fourth-order valence-corrected chi connectivity index (χ4v) is 2.89. The normalized spacial score (nSPS) is 27.4. The maximum atomic E-state index is 12.0. The number of carboxylic acids is 1. The first-order valence-electron chi connectivity index (χ1n) is 6.23. The maximum absolute atomic E-state index is 12.0. The van der Waals surface area contributed by atoms with E-state index in [1.54, 1.807) is 4.90 Å². The number of aliphatic carboxylic acids is 1. The summed E-state index contributed by atoms with van der Waals surface area (Å²) in [6.07, 6.45) is 3.24. The van der Waals surface area contributed by atoms with E-state index in [0.29, 0.717) is 32.4 Å². The van der Waals surface area contributed by atoms with Gasteiger partial charge in [0.2, 0.25) is 5.91 Å². The van der Waals surface area contributed by atoms with Gasteiger partial charge in [-0.1, -0.05) is 12.8 Å². The van der Waals surface area contributed by atoms with E-state index in [9.17, 15) is 19.8 Å². The van der Waals surface area contributed by atoms with Crippen LogP contribution >= 0.6 is 0 Å². The molecule has 1 amide bonds. The van der Waals surface area contributed by atoms with Crippen LogP contribution in [0.2, 0.25) is 0 Å². The van der Waals surface area contributed by atoms with Gasteiger partial charge in [0.15, 0.2) is 0 Å². The van der Waals surface area contributed by atoms with Crippen LogP contribution in [0.3, 0.4) is 0 Å². The number of carboxylic acid groups (broad SMARTS) is 1. The van der Waals surface area contributed by atoms with Crippen molar-refractivity contribution in [1.29, 1.82) is 0 Å². The molecule has 0 aromatic heterocycles. The predicted octanol–water partition coefficient (Wildman–Crippen LogP) is 0.615. The minimum Gasteiger partial charge on any atom is -0.481 e.